The molecule has 0 aliphatic carbocycles. The summed E-state index contributed by atoms with van der Waals surface area (Å²) in [5, 5.41) is 3.73. The zero-order chi connectivity index (χ0) is 22.1. The van der Waals surface area contributed by atoms with E-state index in [-0.39, 0.29) is 11.8 Å². The van der Waals surface area contributed by atoms with Crippen molar-refractivity contribution >= 4 is 28.4 Å². The average molecular weight is 425 g/mol. The van der Waals surface area contributed by atoms with Gasteiger partial charge in [0.15, 0.2) is 5.76 Å². The molecular formula is C26H23N3O3. The van der Waals surface area contributed by atoms with Crippen LogP contribution in [-0.4, -0.2) is 34.8 Å². The molecule has 2 aromatic heterocycles. The number of aryl methyl sites for hydroxylation is 1. The van der Waals surface area contributed by atoms with Crippen LogP contribution in [0.2, 0.25) is 0 Å². The van der Waals surface area contributed by atoms with Gasteiger partial charge in [-0.05, 0) is 55.7 Å². The minimum absolute atomic E-state index is 0.0354. The highest BCUT2D eigenvalue weighted by Gasteiger charge is 2.25. The third-order valence-electron chi connectivity index (χ3n) is 5.86. The van der Waals surface area contributed by atoms with Gasteiger partial charge in [0.25, 0.3) is 11.8 Å². The van der Waals surface area contributed by atoms with E-state index in [1.54, 1.807) is 24.5 Å². The summed E-state index contributed by atoms with van der Waals surface area (Å²) in [6.45, 7) is 3.40. The summed E-state index contributed by atoms with van der Waals surface area (Å²) >= 11 is 0. The number of carbonyl (C=O) groups is 2. The number of benzene rings is 2. The number of rotatable bonds is 4. The van der Waals surface area contributed by atoms with Crippen LogP contribution < -0.4 is 5.32 Å². The summed E-state index contributed by atoms with van der Waals surface area (Å²) in [5.74, 6) is 0.259. The number of para-hydroxylation sites is 1. The largest absolute Gasteiger partial charge is 0.463 e. The summed E-state index contributed by atoms with van der Waals surface area (Å²) in [5.41, 5.74) is 3.67. The fourth-order valence-corrected chi connectivity index (χ4v) is 4.24. The minimum Gasteiger partial charge on any atom is -0.463 e. The molecule has 0 atom stereocenters. The molecule has 4 aromatic rings. The van der Waals surface area contributed by atoms with Crippen molar-refractivity contribution in [2.45, 2.75) is 19.8 Å². The van der Waals surface area contributed by atoms with Crippen LogP contribution in [0.15, 0.2) is 71.3 Å². The van der Waals surface area contributed by atoms with E-state index in [1.165, 1.54) is 0 Å². The van der Waals surface area contributed by atoms with Gasteiger partial charge in [-0.15, -0.1) is 0 Å². The Hall–Kier alpha value is -3.93. The van der Waals surface area contributed by atoms with E-state index in [1.807, 2.05) is 54.3 Å². The molecule has 6 nitrogen and oxygen atoms in total. The first-order valence-corrected chi connectivity index (χ1v) is 10.8. The highest BCUT2D eigenvalue weighted by Crippen LogP contribution is 2.28. The number of nitrogens with zero attached hydrogens (tertiary/aromatic N) is 2. The first-order chi connectivity index (χ1) is 15.6. The second-order valence-corrected chi connectivity index (χ2v) is 8.00. The summed E-state index contributed by atoms with van der Waals surface area (Å²) in [4.78, 5) is 33.1. The number of aromatic nitrogens is 1. The van der Waals surface area contributed by atoms with Crippen molar-refractivity contribution in [2.24, 2.45) is 0 Å². The fourth-order valence-electron chi connectivity index (χ4n) is 4.24. The van der Waals surface area contributed by atoms with Crippen LogP contribution >= 0.6 is 0 Å². The predicted molar refractivity (Wildman–Crippen MR) is 124 cm³/mol. The van der Waals surface area contributed by atoms with Crippen LogP contribution in [0.1, 0.15) is 39.1 Å². The number of pyridine rings is 1. The molecule has 160 valence electrons. The minimum atomic E-state index is -0.294. The van der Waals surface area contributed by atoms with Crippen LogP contribution in [0, 0.1) is 6.92 Å². The number of furan rings is 1. The maximum absolute atomic E-state index is 13.5. The molecule has 0 unspecified atom stereocenters. The molecule has 2 aromatic carbocycles. The van der Waals surface area contributed by atoms with Gasteiger partial charge in [0.1, 0.15) is 5.69 Å². The van der Waals surface area contributed by atoms with Gasteiger partial charge < -0.3 is 14.6 Å². The van der Waals surface area contributed by atoms with Gasteiger partial charge in [-0.3, -0.25) is 9.59 Å². The number of amides is 2. The van der Waals surface area contributed by atoms with Crippen LogP contribution in [0.5, 0.6) is 0 Å². The molecule has 0 radical (unpaired) electrons. The van der Waals surface area contributed by atoms with E-state index in [0.717, 1.165) is 36.9 Å². The van der Waals surface area contributed by atoms with Crippen molar-refractivity contribution in [3.05, 3.63) is 83.6 Å². The van der Waals surface area contributed by atoms with E-state index >= 15 is 0 Å². The maximum Gasteiger partial charge on any atom is 0.256 e. The Morgan fingerprint density at radius 3 is 2.59 bits per heavy atom. The second kappa shape index (κ2) is 8.30. The number of likely N-dealkylation sites (tertiary alicyclic amines) is 1. The van der Waals surface area contributed by atoms with Gasteiger partial charge in [-0.25, -0.2) is 4.98 Å². The number of hydrogen-bond acceptors (Lipinski definition) is 4. The Kier molecular flexibility index (Phi) is 5.19. The molecule has 0 bridgehead atoms. The normalized spacial score (nSPS) is 13.5. The van der Waals surface area contributed by atoms with Gasteiger partial charge in [0.05, 0.1) is 28.6 Å². The quantitative estimate of drug-likeness (QED) is 0.482. The second-order valence-electron chi connectivity index (χ2n) is 8.00. The van der Waals surface area contributed by atoms with E-state index in [0.29, 0.717) is 33.8 Å². The summed E-state index contributed by atoms with van der Waals surface area (Å²) in [7, 11) is 0. The molecule has 2 amide bonds. The number of hydrogen-bond donors (Lipinski definition) is 1. The van der Waals surface area contributed by atoms with E-state index in [4.69, 9.17) is 4.42 Å². The van der Waals surface area contributed by atoms with Gasteiger partial charge in [0.2, 0.25) is 0 Å². The van der Waals surface area contributed by atoms with Crippen LogP contribution in [0.4, 0.5) is 5.69 Å². The van der Waals surface area contributed by atoms with Gasteiger partial charge >= 0.3 is 0 Å². The first-order valence-electron chi connectivity index (χ1n) is 10.8. The standard InChI is InChI=1S/C26H23N3O3/c1-17-8-6-11-21(24(17)26(31)29-13-4-5-14-29)28-25(30)19-16-22(23-12-7-15-32-23)27-20-10-3-2-9-18(19)20/h2-3,6-12,15-16H,4-5,13-14H2,1H3,(H,28,30). The molecule has 0 spiro atoms. The third kappa shape index (κ3) is 3.64. The molecule has 1 fully saturated rings. The Balaban J connectivity index is 1.55. The molecule has 32 heavy (non-hydrogen) atoms. The van der Waals surface area contributed by atoms with Crippen LogP contribution in [0.25, 0.3) is 22.4 Å². The fraction of sp³-hybridized carbons (Fsp3) is 0.192. The Labute approximate surface area is 185 Å². The van der Waals surface area contributed by atoms with Crippen molar-refractivity contribution in [2.75, 3.05) is 18.4 Å². The highest BCUT2D eigenvalue weighted by molar-refractivity contribution is 6.15. The van der Waals surface area contributed by atoms with Crippen molar-refractivity contribution < 1.29 is 14.0 Å². The Bertz CT molecular complexity index is 1310. The topological polar surface area (TPSA) is 75.4 Å². The molecule has 1 aliphatic heterocycles. The predicted octanol–water partition coefficient (Wildman–Crippen LogP) is 5.29. The van der Waals surface area contributed by atoms with Gasteiger partial charge in [0, 0.05) is 18.5 Å². The van der Waals surface area contributed by atoms with E-state index in [2.05, 4.69) is 10.3 Å². The molecule has 6 heteroatoms. The van der Waals surface area contributed by atoms with E-state index in [9.17, 15) is 9.59 Å². The summed E-state index contributed by atoms with van der Waals surface area (Å²) in [6.07, 6.45) is 3.60. The Morgan fingerprint density at radius 2 is 1.81 bits per heavy atom. The Morgan fingerprint density at radius 1 is 1.00 bits per heavy atom. The number of anilines is 1. The lowest BCUT2D eigenvalue weighted by Crippen LogP contribution is -2.29. The van der Waals surface area contributed by atoms with Crippen LogP contribution in [-0.2, 0) is 0 Å². The molecule has 0 saturated carbocycles. The third-order valence-corrected chi connectivity index (χ3v) is 5.86. The van der Waals surface area contributed by atoms with Crippen molar-refractivity contribution in [3.8, 4) is 11.5 Å². The molecule has 1 aliphatic rings. The monoisotopic (exact) mass is 425 g/mol. The maximum atomic E-state index is 13.5. The molecule has 1 N–H and O–H groups in total. The lowest BCUT2D eigenvalue weighted by molar-refractivity contribution is 0.0793. The average Bonchev–Trinajstić information content (AvgIpc) is 3.52. The molecule has 3 heterocycles. The van der Waals surface area contributed by atoms with Crippen molar-refractivity contribution in [3.63, 3.8) is 0 Å². The molecular weight excluding hydrogens is 402 g/mol. The van der Waals surface area contributed by atoms with Gasteiger partial charge in [-0.1, -0.05) is 30.3 Å². The molecule has 5 rings (SSSR count). The van der Waals surface area contributed by atoms with Gasteiger partial charge in [-0.2, -0.15) is 0 Å². The zero-order valence-electron chi connectivity index (χ0n) is 17.8. The SMILES string of the molecule is Cc1cccc(NC(=O)c2cc(-c3ccco3)nc3ccccc23)c1C(=O)N1CCCC1. The van der Waals surface area contributed by atoms with Crippen LogP contribution in [0.3, 0.4) is 0 Å². The smallest absolute Gasteiger partial charge is 0.256 e. The number of nitrogens with one attached hydrogen (secondary N) is 1. The number of fused-ring (bicyclic) bond motifs is 1. The van der Waals surface area contributed by atoms with E-state index < -0.39 is 0 Å². The molecule has 1 saturated heterocycles. The first kappa shape index (κ1) is 20.0. The summed E-state index contributed by atoms with van der Waals surface area (Å²) in [6, 6.07) is 18.4. The lowest BCUT2D eigenvalue weighted by Gasteiger charge is -2.20. The van der Waals surface area contributed by atoms with Crippen molar-refractivity contribution in [1.82, 2.24) is 9.88 Å². The summed E-state index contributed by atoms with van der Waals surface area (Å²) < 4.78 is 5.50. The highest BCUT2D eigenvalue weighted by atomic mass is 16.3. The zero-order valence-corrected chi connectivity index (χ0v) is 17.8. The van der Waals surface area contributed by atoms with Crippen molar-refractivity contribution in [1.29, 1.82) is 0 Å². The lowest BCUT2D eigenvalue weighted by atomic mass is 10.0. The number of carbonyl (C=O) groups excluding carboxylic acids is 2.